The minimum Gasteiger partial charge on any atom is -0.450 e. The Morgan fingerprint density at radius 1 is 1.41 bits per heavy atom. The number of rotatable bonds is 4. The smallest absolute Gasteiger partial charge is 0.450 e. The summed E-state index contributed by atoms with van der Waals surface area (Å²) in [6.45, 7) is 3.28. The molecule has 0 spiro atoms. The molecule has 6 nitrogen and oxygen atoms in total. The summed E-state index contributed by atoms with van der Waals surface area (Å²) in [5.74, 6) is 0. The number of hydrogen-bond donors (Lipinski definition) is 1. The molecule has 1 rings (SSSR count). The Morgan fingerprint density at radius 2 is 1.94 bits per heavy atom. The molecule has 0 amide bonds. The van der Waals surface area contributed by atoms with E-state index in [4.69, 9.17) is 9.84 Å². The first kappa shape index (κ1) is 13.0. The van der Waals surface area contributed by atoms with Crippen molar-refractivity contribution in [3.63, 3.8) is 0 Å². The van der Waals surface area contributed by atoms with Crippen LogP contribution in [0.2, 0.25) is 0 Å². The van der Waals surface area contributed by atoms with Gasteiger partial charge >= 0.3 is 6.16 Å². The number of hydrogen-bond acceptors (Lipinski definition) is 4. The molecular formula is C11H13NO5. The van der Waals surface area contributed by atoms with Gasteiger partial charge in [-0.15, -0.1) is 0 Å². The van der Waals surface area contributed by atoms with Gasteiger partial charge in [-0.25, -0.2) is 4.79 Å². The molecule has 0 unspecified atom stereocenters. The Morgan fingerprint density at radius 3 is 2.35 bits per heavy atom. The fourth-order valence-corrected chi connectivity index (χ4v) is 1.50. The topological polar surface area (TPSA) is 89.7 Å². The summed E-state index contributed by atoms with van der Waals surface area (Å²) in [6.07, 6.45) is -0.978. The molecule has 6 heteroatoms. The number of ether oxygens (including phenoxy) is 1. The third-order valence-electron chi connectivity index (χ3n) is 2.14. The van der Waals surface area contributed by atoms with Gasteiger partial charge in [0.1, 0.15) is 5.60 Å². The second-order valence-electron chi connectivity index (χ2n) is 4.23. The number of carbonyl (C=O) groups is 1. The van der Waals surface area contributed by atoms with E-state index in [1.807, 2.05) is 0 Å². The molecule has 0 atom stereocenters. The highest BCUT2D eigenvalue weighted by Crippen LogP contribution is 2.19. The van der Waals surface area contributed by atoms with Gasteiger partial charge in [0.05, 0.1) is 4.92 Å². The highest BCUT2D eigenvalue weighted by molar-refractivity contribution is 5.57. The standard InChI is InChI=1S/C11H13NO5/c1-11(2,17-10(13)14)7-8-3-5-9(6-4-8)12(15)16/h3-6H,7H2,1-2H3,(H,13,14). The molecule has 17 heavy (non-hydrogen) atoms. The van der Waals surface area contributed by atoms with Gasteiger partial charge in [-0.1, -0.05) is 12.1 Å². The summed E-state index contributed by atoms with van der Waals surface area (Å²) in [7, 11) is 0. The molecule has 0 aliphatic rings. The van der Waals surface area contributed by atoms with E-state index >= 15 is 0 Å². The van der Waals surface area contributed by atoms with Crippen molar-refractivity contribution in [1.82, 2.24) is 0 Å². The molecule has 1 aromatic carbocycles. The van der Waals surface area contributed by atoms with Crippen LogP contribution in [0.1, 0.15) is 19.4 Å². The highest BCUT2D eigenvalue weighted by Gasteiger charge is 2.23. The second kappa shape index (κ2) is 4.82. The van der Waals surface area contributed by atoms with Crippen LogP contribution in [0.25, 0.3) is 0 Å². The first-order valence-corrected chi connectivity index (χ1v) is 4.95. The predicted molar refractivity (Wildman–Crippen MR) is 60.0 cm³/mol. The van der Waals surface area contributed by atoms with Gasteiger partial charge in [-0.3, -0.25) is 10.1 Å². The summed E-state index contributed by atoms with van der Waals surface area (Å²) in [6, 6.07) is 5.94. The molecule has 0 saturated heterocycles. The third kappa shape index (κ3) is 4.10. The molecule has 0 bridgehead atoms. The van der Waals surface area contributed by atoms with E-state index < -0.39 is 16.7 Å². The van der Waals surface area contributed by atoms with Crippen molar-refractivity contribution in [3.05, 3.63) is 39.9 Å². The van der Waals surface area contributed by atoms with Crippen LogP contribution in [0, 0.1) is 10.1 Å². The average molecular weight is 239 g/mol. The summed E-state index contributed by atoms with van der Waals surface area (Å²) in [4.78, 5) is 20.4. The van der Waals surface area contributed by atoms with E-state index in [9.17, 15) is 14.9 Å². The lowest BCUT2D eigenvalue weighted by atomic mass is 9.98. The monoisotopic (exact) mass is 239 g/mol. The summed E-state index contributed by atoms with van der Waals surface area (Å²) < 4.78 is 4.70. The third-order valence-corrected chi connectivity index (χ3v) is 2.14. The van der Waals surface area contributed by atoms with Gasteiger partial charge in [0.2, 0.25) is 0 Å². The summed E-state index contributed by atoms with van der Waals surface area (Å²) in [5.41, 5.74) is -0.0744. The molecule has 0 aliphatic heterocycles. The van der Waals surface area contributed by atoms with Crippen molar-refractivity contribution in [1.29, 1.82) is 0 Å². The van der Waals surface area contributed by atoms with Crippen LogP contribution in [-0.2, 0) is 11.2 Å². The van der Waals surface area contributed by atoms with E-state index in [1.54, 1.807) is 26.0 Å². The normalized spacial score (nSPS) is 10.9. The molecule has 1 aromatic rings. The molecule has 92 valence electrons. The van der Waals surface area contributed by atoms with Crippen molar-refractivity contribution >= 4 is 11.8 Å². The van der Waals surface area contributed by atoms with Gasteiger partial charge in [0.25, 0.3) is 5.69 Å². The zero-order valence-corrected chi connectivity index (χ0v) is 9.54. The molecule has 0 aromatic heterocycles. The number of nitro benzene ring substituents is 1. The van der Waals surface area contributed by atoms with Gasteiger partial charge in [-0.05, 0) is 19.4 Å². The minimum atomic E-state index is -1.34. The lowest BCUT2D eigenvalue weighted by molar-refractivity contribution is -0.384. The first-order valence-electron chi connectivity index (χ1n) is 4.95. The fraction of sp³-hybridized carbons (Fsp3) is 0.364. The maximum atomic E-state index is 10.4. The van der Waals surface area contributed by atoms with E-state index in [0.717, 1.165) is 5.56 Å². The highest BCUT2D eigenvalue weighted by atomic mass is 16.7. The zero-order valence-electron chi connectivity index (χ0n) is 9.54. The molecule has 0 saturated carbocycles. The lowest BCUT2D eigenvalue weighted by Crippen LogP contribution is -2.29. The van der Waals surface area contributed by atoms with Gasteiger partial charge in [-0.2, -0.15) is 0 Å². The van der Waals surface area contributed by atoms with Crippen LogP contribution in [0.3, 0.4) is 0 Å². The van der Waals surface area contributed by atoms with E-state index in [-0.39, 0.29) is 5.69 Å². The Bertz CT molecular complexity index is 424. The average Bonchev–Trinajstić information content (AvgIpc) is 2.15. The molecule has 0 fully saturated rings. The summed E-state index contributed by atoms with van der Waals surface area (Å²) >= 11 is 0. The second-order valence-corrected chi connectivity index (χ2v) is 4.23. The maximum absolute atomic E-state index is 10.4. The zero-order chi connectivity index (χ0) is 13.1. The van der Waals surface area contributed by atoms with Crippen LogP contribution in [0.5, 0.6) is 0 Å². The maximum Gasteiger partial charge on any atom is 0.506 e. The van der Waals surface area contributed by atoms with Crippen LogP contribution < -0.4 is 0 Å². The number of carboxylic acid groups (broad SMARTS) is 1. The number of nitro groups is 1. The predicted octanol–water partition coefficient (Wildman–Crippen LogP) is 2.61. The van der Waals surface area contributed by atoms with Crippen molar-refractivity contribution in [3.8, 4) is 0 Å². The Kier molecular flexibility index (Phi) is 3.67. The van der Waals surface area contributed by atoms with Gasteiger partial charge in [0, 0.05) is 18.6 Å². The Hall–Kier alpha value is -2.11. The molecule has 0 aliphatic carbocycles. The fourth-order valence-electron chi connectivity index (χ4n) is 1.50. The molecule has 0 heterocycles. The van der Waals surface area contributed by atoms with Crippen molar-refractivity contribution in [2.45, 2.75) is 25.9 Å². The number of benzene rings is 1. The van der Waals surface area contributed by atoms with E-state index in [0.29, 0.717) is 6.42 Å². The molecule has 0 radical (unpaired) electrons. The quantitative estimate of drug-likeness (QED) is 0.495. The molecule has 1 N–H and O–H groups in total. The lowest BCUT2D eigenvalue weighted by Gasteiger charge is -2.23. The van der Waals surface area contributed by atoms with E-state index in [2.05, 4.69) is 0 Å². The van der Waals surface area contributed by atoms with Crippen molar-refractivity contribution in [2.24, 2.45) is 0 Å². The van der Waals surface area contributed by atoms with E-state index in [1.165, 1.54) is 12.1 Å². The molecular weight excluding hydrogens is 226 g/mol. The van der Waals surface area contributed by atoms with Crippen LogP contribution in [0.4, 0.5) is 10.5 Å². The largest absolute Gasteiger partial charge is 0.506 e. The van der Waals surface area contributed by atoms with Crippen molar-refractivity contribution < 1.29 is 19.6 Å². The minimum absolute atomic E-state index is 0.00529. The SMILES string of the molecule is CC(C)(Cc1ccc([N+](=O)[O-])cc1)OC(=O)O. The number of nitrogens with zero attached hydrogens (tertiary/aromatic N) is 1. The Labute approximate surface area is 98.0 Å². The first-order chi connectivity index (χ1) is 7.80. The van der Waals surface area contributed by atoms with Crippen LogP contribution in [-0.4, -0.2) is 21.8 Å². The summed E-state index contributed by atoms with van der Waals surface area (Å²) in [5, 5.41) is 19.0. The van der Waals surface area contributed by atoms with Gasteiger partial charge < -0.3 is 9.84 Å². The van der Waals surface area contributed by atoms with Crippen molar-refractivity contribution in [2.75, 3.05) is 0 Å². The van der Waals surface area contributed by atoms with Crippen LogP contribution >= 0.6 is 0 Å². The van der Waals surface area contributed by atoms with Gasteiger partial charge in [0.15, 0.2) is 0 Å². The number of non-ortho nitro benzene ring substituents is 1. The van der Waals surface area contributed by atoms with Crippen LogP contribution in [0.15, 0.2) is 24.3 Å². The Balaban J connectivity index is 2.75.